The van der Waals surface area contributed by atoms with Crippen LogP contribution in [-0.2, 0) is 5.41 Å². The molecule has 0 bridgehead atoms. The van der Waals surface area contributed by atoms with Crippen LogP contribution in [0.25, 0.3) is 0 Å². The molecule has 2 aromatic carbocycles. The Kier molecular flexibility index (Phi) is 4.03. The fourth-order valence-corrected chi connectivity index (χ4v) is 2.14. The predicted molar refractivity (Wildman–Crippen MR) is 87.4 cm³/mol. The number of hydrogen-bond acceptors (Lipinski definition) is 2. The van der Waals surface area contributed by atoms with Crippen LogP contribution >= 0.6 is 0 Å². The second-order valence-corrected chi connectivity index (χ2v) is 6.24. The molecule has 3 nitrogen and oxygen atoms in total. The van der Waals surface area contributed by atoms with Crippen molar-refractivity contribution in [3.63, 3.8) is 0 Å². The third kappa shape index (κ3) is 3.43. The van der Waals surface area contributed by atoms with Crippen LogP contribution in [0.3, 0.4) is 0 Å². The maximum absolute atomic E-state index is 7.65. The molecule has 0 aromatic heterocycles. The van der Waals surface area contributed by atoms with E-state index in [1.165, 1.54) is 5.56 Å². The summed E-state index contributed by atoms with van der Waals surface area (Å²) >= 11 is 0. The minimum Gasteiger partial charge on any atom is -0.456 e. The van der Waals surface area contributed by atoms with E-state index in [4.69, 9.17) is 15.9 Å². The van der Waals surface area contributed by atoms with E-state index in [0.717, 1.165) is 11.3 Å². The summed E-state index contributed by atoms with van der Waals surface area (Å²) in [6.45, 7) is 8.49. The van der Waals surface area contributed by atoms with Gasteiger partial charge >= 0.3 is 0 Å². The first-order valence-corrected chi connectivity index (χ1v) is 7.01. The summed E-state index contributed by atoms with van der Waals surface area (Å²) in [6.07, 6.45) is 0. The Morgan fingerprint density at radius 2 is 1.67 bits per heavy atom. The van der Waals surface area contributed by atoms with Gasteiger partial charge < -0.3 is 10.5 Å². The Bertz CT molecular complexity index is 652. The minimum atomic E-state index is 0.0139. The number of ether oxygens (including phenoxy) is 1. The van der Waals surface area contributed by atoms with Gasteiger partial charge in [-0.25, -0.2) is 0 Å². The van der Waals surface area contributed by atoms with Crippen molar-refractivity contribution in [3.8, 4) is 11.5 Å². The standard InChI is InChI=1S/C18H22N2O/c1-12-6-5-7-15(17(19)20)16(12)21-14-10-8-13(9-11-14)18(2,3)4/h5-11H,1-4H3,(H3,19,20). The summed E-state index contributed by atoms with van der Waals surface area (Å²) in [6, 6.07) is 13.7. The van der Waals surface area contributed by atoms with E-state index in [0.29, 0.717) is 11.3 Å². The van der Waals surface area contributed by atoms with E-state index in [9.17, 15) is 0 Å². The number of amidine groups is 1. The fourth-order valence-electron chi connectivity index (χ4n) is 2.14. The highest BCUT2D eigenvalue weighted by Crippen LogP contribution is 2.30. The Morgan fingerprint density at radius 1 is 1.05 bits per heavy atom. The van der Waals surface area contributed by atoms with E-state index < -0.39 is 0 Å². The molecular weight excluding hydrogens is 260 g/mol. The van der Waals surface area contributed by atoms with Crippen LogP contribution in [0.15, 0.2) is 42.5 Å². The highest BCUT2D eigenvalue weighted by Gasteiger charge is 2.14. The summed E-state index contributed by atoms with van der Waals surface area (Å²) in [5.74, 6) is 1.41. The number of para-hydroxylation sites is 1. The summed E-state index contributed by atoms with van der Waals surface area (Å²) < 4.78 is 5.95. The molecule has 0 aliphatic carbocycles. The number of aryl methyl sites for hydroxylation is 1. The molecule has 0 radical (unpaired) electrons. The van der Waals surface area contributed by atoms with Crippen molar-refractivity contribution in [1.29, 1.82) is 5.41 Å². The lowest BCUT2D eigenvalue weighted by Gasteiger charge is -2.19. The van der Waals surface area contributed by atoms with Crippen LogP contribution in [-0.4, -0.2) is 5.84 Å². The molecule has 2 rings (SSSR count). The largest absolute Gasteiger partial charge is 0.456 e. The Labute approximate surface area is 126 Å². The molecule has 0 aliphatic heterocycles. The first-order valence-electron chi connectivity index (χ1n) is 7.01. The van der Waals surface area contributed by atoms with Gasteiger partial charge in [0.2, 0.25) is 0 Å². The molecule has 3 N–H and O–H groups in total. The highest BCUT2D eigenvalue weighted by atomic mass is 16.5. The van der Waals surface area contributed by atoms with Crippen molar-refractivity contribution < 1.29 is 4.74 Å². The smallest absolute Gasteiger partial charge is 0.141 e. The number of benzene rings is 2. The zero-order valence-electron chi connectivity index (χ0n) is 13.0. The molecule has 0 atom stereocenters. The molecule has 0 fully saturated rings. The second kappa shape index (κ2) is 5.60. The van der Waals surface area contributed by atoms with Gasteiger partial charge in [0.1, 0.15) is 17.3 Å². The van der Waals surface area contributed by atoms with E-state index >= 15 is 0 Å². The summed E-state index contributed by atoms with van der Waals surface area (Å²) in [4.78, 5) is 0. The molecular formula is C18H22N2O. The fraction of sp³-hybridized carbons (Fsp3) is 0.278. The average molecular weight is 282 g/mol. The van der Waals surface area contributed by atoms with Gasteiger partial charge in [-0.3, -0.25) is 5.41 Å². The van der Waals surface area contributed by atoms with Gasteiger partial charge in [0.25, 0.3) is 0 Å². The molecule has 0 saturated heterocycles. The molecule has 110 valence electrons. The minimum absolute atomic E-state index is 0.0139. The lowest BCUT2D eigenvalue weighted by Crippen LogP contribution is -2.13. The zero-order chi connectivity index (χ0) is 15.6. The molecule has 3 heteroatoms. The van der Waals surface area contributed by atoms with Gasteiger partial charge in [0.15, 0.2) is 0 Å². The molecule has 0 amide bonds. The third-order valence-corrected chi connectivity index (χ3v) is 3.44. The Morgan fingerprint density at radius 3 is 2.19 bits per heavy atom. The Hall–Kier alpha value is -2.29. The highest BCUT2D eigenvalue weighted by molar-refractivity contribution is 5.98. The SMILES string of the molecule is Cc1cccc(C(=N)N)c1Oc1ccc(C(C)(C)C)cc1. The van der Waals surface area contributed by atoms with Crippen molar-refractivity contribution in [2.45, 2.75) is 33.1 Å². The number of nitrogens with two attached hydrogens (primary N) is 1. The summed E-state index contributed by atoms with van der Waals surface area (Å²) in [5, 5.41) is 7.65. The Balaban J connectivity index is 2.33. The topological polar surface area (TPSA) is 59.1 Å². The maximum Gasteiger partial charge on any atom is 0.141 e. The summed E-state index contributed by atoms with van der Waals surface area (Å²) in [7, 11) is 0. The maximum atomic E-state index is 7.65. The van der Waals surface area contributed by atoms with Crippen molar-refractivity contribution in [3.05, 3.63) is 59.2 Å². The number of nitrogen functional groups attached to an aromatic ring is 1. The first kappa shape index (κ1) is 15.1. The van der Waals surface area contributed by atoms with Gasteiger partial charge in [-0.15, -0.1) is 0 Å². The van der Waals surface area contributed by atoms with Crippen molar-refractivity contribution in [1.82, 2.24) is 0 Å². The van der Waals surface area contributed by atoms with Gasteiger partial charge in [-0.2, -0.15) is 0 Å². The van der Waals surface area contributed by atoms with E-state index in [1.54, 1.807) is 6.07 Å². The van der Waals surface area contributed by atoms with Crippen molar-refractivity contribution in [2.24, 2.45) is 5.73 Å². The number of rotatable bonds is 3. The van der Waals surface area contributed by atoms with Crippen LogP contribution in [0, 0.1) is 12.3 Å². The van der Waals surface area contributed by atoms with Crippen LogP contribution in [0.2, 0.25) is 0 Å². The van der Waals surface area contributed by atoms with Crippen LogP contribution in [0.1, 0.15) is 37.5 Å². The van der Waals surface area contributed by atoms with Gasteiger partial charge in [0.05, 0.1) is 5.56 Å². The quantitative estimate of drug-likeness (QED) is 0.648. The average Bonchev–Trinajstić information content (AvgIpc) is 2.40. The number of nitrogens with one attached hydrogen (secondary N) is 1. The normalized spacial score (nSPS) is 11.2. The van der Waals surface area contributed by atoms with Gasteiger partial charge in [-0.1, -0.05) is 45.0 Å². The number of hydrogen-bond donors (Lipinski definition) is 2. The molecule has 2 aromatic rings. The lowest BCUT2D eigenvalue weighted by molar-refractivity contribution is 0.476. The van der Waals surface area contributed by atoms with Crippen LogP contribution in [0.4, 0.5) is 0 Å². The second-order valence-electron chi connectivity index (χ2n) is 6.24. The van der Waals surface area contributed by atoms with Crippen LogP contribution in [0.5, 0.6) is 11.5 Å². The van der Waals surface area contributed by atoms with E-state index in [-0.39, 0.29) is 11.3 Å². The van der Waals surface area contributed by atoms with Gasteiger partial charge in [-0.05, 0) is 41.7 Å². The lowest BCUT2D eigenvalue weighted by atomic mass is 9.87. The van der Waals surface area contributed by atoms with Crippen molar-refractivity contribution in [2.75, 3.05) is 0 Å². The molecule has 0 aliphatic rings. The molecule has 21 heavy (non-hydrogen) atoms. The van der Waals surface area contributed by atoms with Crippen molar-refractivity contribution >= 4 is 5.84 Å². The third-order valence-electron chi connectivity index (χ3n) is 3.44. The molecule has 0 spiro atoms. The van der Waals surface area contributed by atoms with Gasteiger partial charge in [0, 0.05) is 0 Å². The summed E-state index contributed by atoms with van der Waals surface area (Å²) in [5.41, 5.74) is 8.58. The molecule has 0 saturated carbocycles. The molecule has 0 unspecified atom stereocenters. The van der Waals surface area contributed by atoms with E-state index in [1.807, 2.05) is 31.2 Å². The predicted octanol–water partition coefficient (Wildman–Crippen LogP) is 4.37. The zero-order valence-corrected chi connectivity index (χ0v) is 13.0. The van der Waals surface area contributed by atoms with Crippen LogP contribution < -0.4 is 10.5 Å². The monoisotopic (exact) mass is 282 g/mol. The first-order chi connectivity index (χ1) is 9.79. The molecule has 0 heterocycles. The van der Waals surface area contributed by atoms with E-state index in [2.05, 4.69) is 32.9 Å².